The lowest BCUT2D eigenvalue weighted by Crippen LogP contribution is -2.22. The van der Waals surface area contributed by atoms with Crippen molar-refractivity contribution < 1.29 is 0 Å². The fraction of sp³-hybridized carbons (Fsp3) is 0.333. The van der Waals surface area contributed by atoms with Crippen LogP contribution in [0.2, 0.25) is 5.02 Å². The van der Waals surface area contributed by atoms with Gasteiger partial charge in [-0.15, -0.1) is 0 Å². The monoisotopic (exact) mass is 285 g/mol. The summed E-state index contributed by atoms with van der Waals surface area (Å²) in [5.41, 5.74) is 4.00. The highest BCUT2D eigenvalue weighted by molar-refractivity contribution is 6.30. The molecular formula is C18H20ClN. The van der Waals surface area contributed by atoms with Gasteiger partial charge in [-0.05, 0) is 48.9 Å². The van der Waals surface area contributed by atoms with Crippen molar-refractivity contribution in [3.05, 3.63) is 70.2 Å². The first-order valence-corrected chi connectivity index (χ1v) is 7.64. The van der Waals surface area contributed by atoms with Crippen LogP contribution in [-0.4, -0.2) is 0 Å². The normalized spacial score (nSPS) is 16.1. The Morgan fingerprint density at radius 3 is 2.30 bits per heavy atom. The Kier molecular flexibility index (Phi) is 4.09. The minimum atomic E-state index is 0.452. The maximum absolute atomic E-state index is 5.98. The molecule has 0 saturated heterocycles. The molecule has 0 radical (unpaired) electrons. The molecule has 1 unspecified atom stereocenters. The second-order valence-corrected chi connectivity index (χ2v) is 6.17. The van der Waals surface area contributed by atoms with E-state index >= 15 is 0 Å². The molecule has 1 saturated carbocycles. The maximum atomic E-state index is 5.98. The Balaban J connectivity index is 1.68. The zero-order valence-corrected chi connectivity index (χ0v) is 12.5. The lowest BCUT2D eigenvalue weighted by Gasteiger charge is -2.19. The molecule has 0 heterocycles. The van der Waals surface area contributed by atoms with E-state index in [1.807, 2.05) is 12.1 Å². The van der Waals surface area contributed by atoms with E-state index in [1.165, 1.54) is 29.5 Å². The molecular weight excluding hydrogens is 266 g/mol. The molecule has 2 aromatic carbocycles. The molecule has 1 aliphatic rings. The van der Waals surface area contributed by atoms with Gasteiger partial charge in [0.05, 0.1) is 0 Å². The predicted molar refractivity (Wildman–Crippen MR) is 84.9 cm³/mol. The maximum Gasteiger partial charge on any atom is 0.0406 e. The molecule has 1 nitrogen and oxygen atoms in total. The van der Waals surface area contributed by atoms with Crippen LogP contribution in [0.3, 0.4) is 0 Å². The van der Waals surface area contributed by atoms with Gasteiger partial charge in [-0.3, -0.25) is 0 Å². The van der Waals surface area contributed by atoms with E-state index in [4.69, 9.17) is 11.6 Å². The van der Waals surface area contributed by atoms with Crippen molar-refractivity contribution in [2.45, 2.75) is 32.4 Å². The van der Waals surface area contributed by atoms with Crippen LogP contribution in [0.4, 0.5) is 0 Å². The van der Waals surface area contributed by atoms with E-state index in [9.17, 15) is 0 Å². The Hall–Kier alpha value is -1.31. The van der Waals surface area contributed by atoms with Crippen molar-refractivity contribution in [3.63, 3.8) is 0 Å². The number of nitrogens with one attached hydrogen (secondary N) is 1. The average Bonchev–Trinajstić information content (AvgIpc) is 3.28. The third-order valence-electron chi connectivity index (χ3n) is 3.97. The van der Waals surface area contributed by atoms with Gasteiger partial charge in [0.15, 0.2) is 0 Å². The summed E-state index contributed by atoms with van der Waals surface area (Å²) in [6, 6.07) is 17.5. The largest absolute Gasteiger partial charge is 0.306 e. The van der Waals surface area contributed by atoms with Gasteiger partial charge in [0.25, 0.3) is 0 Å². The van der Waals surface area contributed by atoms with Gasteiger partial charge in [-0.2, -0.15) is 0 Å². The molecule has 0 spiro atoms. The molecule has 1 N–H and O–H groups in total. The number of hydrogen-bond acceptors (Lipinski definition) is 1. The van der Waals surface area contributed by atoms with E-state index in [0.717, 1.165) is 17.5 Å². The van der Waals surface area contributed by atoms with E-state index in [1.54, 1.807) is 0 Å². The van der Waals surface area contributed by atoms with Gasteiger partial charge in [0.1, 0.15) is 0 Å². The fourth-order valence-corrected chi connectivity index (χ4v) is 2.72. The molecule has 1 atom stereocenters. The van der Waals surface area contributed by atoms with E-state index in [2.05, 4.69) is 48.6 Å². The second kappa shape index (κ2) is 5.99. The fourth-order valence-electron chi connectivity index (χ4n) is 2.59. The highest BCUT2D eigenvalue weighted by Gasteiger charge is 2.31. The van der Waals surface area contributed by atoms with Crippen LogP contribution in [0.5, 0.6) is 0 Å². The minimum Gasteiger partial charge on any atom is -0.306 e. The van der Waals surface area contributed by atoms with Crippen molar-refractivity contribution in [3.8, 4) is 0 Å². The lowest BCUT2D eigenvalue weighted by molar-refractivity contribution is 0.480. The van der Waals surface area contributed by atoms with Crippen LogP contribution >= 0.6 is 11.6 Å². The van der Waals surface area contributed by atoms with E-state index in [-0.39, 0.29) is 0 Å². The first kappa shape index (κ1) is 13.7. The summed E-state index contributed by atoms with van der Waals surface area (Å²) < 4.78 is 0. The molecule has 2 aromatic rings. The van der Waals surface area contributed by atoms with Gasteiger partial charge in [-0.1, -0.05) is 53.6 Å². The molecule has 1 aliphatic carbocycles. The Bertz CT molecular complexity index is 555. The number of rotatable bonds is 5. The molecule has 3 rings (SSSR count). The highest BCUT2D eigenvalue weighted by atomic mass is 35.5. The summed E-state index contributed by atoms with van der Waals surface area (Å²) in [6.07, 6.45) is 2.66. The van der Waals surface area contributed by atoms with Gasteiger partial charge >= 0.3 is 0 Å². The molecule has 1 fully saturated rings. The minimum absolute atomic E-state index is 0.452. The van der Waals surface area contributed by atoms with Crippen molar-refractivity contribution in [1.29, 1.82) is 0 Å². The average molecular weight is 286 g/mol. The molecule has 0 bridgehead atoms. The van der Waals surface area contributed by atoms with Crippen molar-refractivity contribution in [2.24, 2.45) is 5.92 Å². The van der Waals surface area contributed by atoms with E-state index in [0.29, 0.717) is 6.04 Å². The van der Waals surface area contributed by atoms with Crippen LogP contribution in [-0.2, 0) is 6.54 Å². The molecule has 0 aliphatic heterocycles. The highest BCUT2D eigenvalue weighted by Crippen LogP contribution is 2.41. The van der Waals surface area contributed by atoms with Crippen LogP contribution in [0.1, 0.15) is 35.6 Å². The van der Waals surface area contributed by atoms with Crippen LogP contribution in [0, 0.1) is 12.8 Å². The smallest absolute Gasteiger partial charge is 0.0406 e. The van der Waals surface area contributed by atoms with Crippen molar-refractivity contribution in [1.82, 2.24) is 5.32 Å². The first-order chi connectivity index (χ1) is 9.72. The van der Waals surface area contributed by atoms with Crippen LogP contribution < -0.4 is 5.32 Å². The number of halogens is 1. The van der Waals surface area contributed by atoms with Gasteiger partial charge in [0.2, 0.25) is 0 Å². The van der Waals surface area contributed by atoms with Gasteiger partial charge < -0.3 is 5.32 Å². The zero-order valence-electron chi connectivity index (χ0n) is 11.8. The number of benzene rings is 2. The molecule has 2 heteroatoms. The van der Waals surface area contributed by atoms with Gasteiger partial charge in [-0.25, -0.2) is 0 Å². The summed E-state index contributed by atoms with van der Waals surface area (Å²) in [5.74, 6) is 0.779. The number of hydrogen-bond donors (Lipinski definition) is 1. The summed E-state index contributed by atoms with van der Waals surface area (Å²) in [4.78, 5) is 0. The first-order valence-electron chi connectivity index (χ1n) is 7.27. The number of aryl methyl sites for hydroxylation is 1. The topological polar surface area (TPSA) is 12.0 Å². The quantitative estimate of drug-likeness (QED) is 0.825. The molecule has 104 valence electrons. The third-order valence-corrected chi connectivity index (χ3v) is 4.22. The summed E-state index contributed by atoms with van der Waals surface area (Å²) in [6.45, 7) is 3.04. The Morgan fingerprint density at radius 2 is 1.70 bits per heavy atom. The lowest BCUT2D eigenvalue weighted by atomic mass is 10.0. The van der Waals surface area contributed by atoms with Crippen LogP contribution in [0.15, 0.2) is 48.5 Å². The van der Waals surface area contributed by atoms with Crippen molar-refractivity contribution in [2.75, 3.05) is 0 Å². The molecule has 0 aromatic heterocycles. The van der Waals surface area contributed by atoms with Gasteiger partial charge in [0, 0.05) is 17.6 Å². The molecule has 0 amide bonds. The van der Waals surface area contributed by atoms with Crippen molar-refractivity contribution >= 4 is 11.6 Å². The molecule has 20 heavy (non-hydrogen) atoms. The van der Waals surface area contributed by atoms with E-state index < -0.39 is 0 Å². The second-order valence-electron chi connectivity index (χ2n) is 5.73. The summed E-state index contributed by atoms with van der Waals surface area (Å²) in [7, 11) is 0. The standard InChI is InChI=1S/C18H20ClN/c1-13-2-4-14(5-3-13)12-20-18(15-6-7-15)16-8-10-17(19)11-9-16/h2-5,8-11,15,18,20H,6-7,12H2,1H3. The zero-order chi connectivity index (χ0) is 13.9. The summed E-state index contributed by atoms with van der Waals surface area (Å²) >= 11 is 5.98. The Labute approximate surface area is 126 Å². The van der Waals surface area contributed by atoms with Crippen LogP contribution in [0.25, 0.3) is 0 Å². The Morgan fingerprint density at radius 1 is 1.05 bits per heavy atom. The summed E-state index contributed by atoms with van der Waals surface area (Å²) in [5, 5.41) is 4.52. The third kappa shape index (κ3) is 3.41. The predicted octanol–water partition coefficient (Wildman–Crippen LogP) is 4.89. The SMILES string of the molecule is Cc1ccc(CNC(c2ccc(Cl)cc2)C2CC2)cc1.